The number of nitrogens with zero attached hydrogens (tertiary/aromatic N) is 1. The third-order valence-corrected chi connectivity index (χ3v) is 6.55. The second-order valence-corrected chi connectivity index (χ2v) is 9.25. The van der Waals surface area contributed by atoms with Gasteiger partial charge in [-0.15, -0.1) is 0 Å². The van der Waals surface area contributed by atoms with Gasteiger partial charge in [-0.3, -0.25) is 4.48 Å². The Balaban J connectivity index is 0.00000841. The van der Waals surface area contributed by atoms with E-state index in [1.54, 1.807) is 0 Å². The molecular weight excluding hydrogens is 386 g/mol. The number of unbranched alkanes of at least 4 members (excludes halogenated alkanes) is 13. The van der Waals surface area contributed by atoms with Crippen LogP contribution >= 0.6 is 0 Å². The summed E-state index contributed by atoms with van der Waals surface area (Å²) in [7, 11) is 0. The van der Waals surface area contributed by atoms with Crippen LogP contribution < -0.4 is 16.9 Å². The molecule has 0 atom stereocenters. The average molecular weight is 438 g/mol. The lowest BCUT2D eigenvalue weighted by Gasteiger charge is -2.38. The van der Waals surface area contributed by atoms with E-state index in [9.17, 15) is 0 Å². The topological polar surface area (TPSA) is 0 Å². The Labute approximate surface area is 196 Å². The predicted octanol–water partition coefficient (Wildman–Crippen LogP) is 6.30. The Morgan fingerprint density at radius 2 is 0.867 bits per heavy atom. The van der Waals surface area contributed by atoms with E-state index in [4.69, 9.17) is 0 Å². The molecule has 0 unspecified atom stereocenters. The standard InChI is InChI=1S/C28H52N.ClH/c1-4-7-8-9-10-11-12-13-14-15-16-17-18-22-27-29(25-5-2,26-6-3)28-23-20-19-21-24-28;/h19-21,23-24H,4-18,22,25-27H2,1-3H3;1H/q+1;/p-1. The van der Waals surface area contributed by atoms with Crippen molar-refractivity contribution in [3.63, 3.8) is 0 Å². The summed E-state index contributed by atoms with van der Waals surface area (Å²) in [4.78, 5) is 0. The molecule has 0 bridgehead atoms. The highest BCUT2D eigenvalue weighted by Gasteiger charge is 2.27. The van der Waals surface area contributed by atoms with Gasteiger partial charge in [-0.05, 0) is 37.8 Å². The first-order valence-electron chi connectivity index (χ1n) is 13.2. The highest BCUT2D eigenvalue weighted by Crippen LogP contribution is 2.25. The van der Waals surface area contributed by atoms with Crippen LogP contribution in [-0.2, 0) is 0 Å². The fraction of sp³-hybridized carbons (Fsp3) is 0.786. The van der Waals surface area contributed by atoms with Crippen molar-refractivity contribution >= 4 is 5.69 Å². The molecule has 0 amide bonds. The lowest BCUT2D eigenvalue weighted by atomic mass is 10.0. The van der Waals surface area contributed by atoms with Gasteiger partial charge in [0.1, 0.15) is 5.69 Å². The Kier molecular flexibility index (Phi) is 20.0. The molecule has 0 aromatic heterocycles. The van der Waals surface area contributed by atoms with Gasteiger partial charge in [0.15, 0.2) is 0 Å². The number of benzene rings is 1. The molecule has 0 aliphatic heterocycles. The lowest BCUT2D eigenvalue weighted by Crippen LogP contribution is -3.00. The third-order valence-electron chi connectivity index (χ3n) is 6.55. The maximum absolute atomic E-state index is 2.36. The number of para-hydroxylation sites is 1. The molecule has 0 aliphatic carbocycles. The first kappa shape index (κ1) is 29.5. The van der Waals surface area contributed by atoms with Gasteiger partial charge in [-0.1, -0.05) is 116 Å². The summed E-state index contributed by atoms with van der Waals surface area (Å²) in [5, 5.41) is 0. The van der Waals surface area contributed by atoms with Crippen LogP contribution in [0.1, 0.15) is 124 Å². The van der Waals surface area contributed by atoms with Gasteiger partial charge in [-0.2, -0.15) is 0 Å². The molecule has 30 heavy (non-hydrogen) atoms. The minimum atomic E-state index is 0. The van der Waals surface area contributed by atoms with E-state index in [1.165, 1.54) is 133 Å². The number of hydrogen-bond donors (Lipinski definition) is 0. The first-order chi connectivity index (χ1) is 14.3. The molecule has 0 spiro atoms. The van der Waals surface area contributed by atoms with E-state index < -0.39 is 0 Å². The van der Waals surface area contributed by atoms with Gasteiger partial charge in [-0.25, -0.2) is 0 Å². The van der Waals surface area contributed by atoms with E-state index in [0.29, 0.717) is 0 Å². The van der Waals surface area contributed by atoms with E-state index in [2.05, 4.69) is 51.1 Å². The zero-order chi connectivity index (χ0) is 21.0. The van der Waals surface area contributed by atoms with E-state index >= 15 is 0 Å². The number of quaternary nitrogens is 1. The molecule has 176 valence electrons. The van der Waals surface area contributed by atoms with Crippen LogP contribution in [0.2, 0.25) is 0 Å². The summed E-state index contributed by atoms with van der Waals surface area (Å²) in [5.74, 6) is 0. The van der Waals surface area contributed by atoms with Crippen LogP contribution in [0.15, 0.2) is 30.3 Å². The SMILES string of the molecule is CCCCCCCCCCCCCCCC[N+](CCC)(CCC)c1ccccc1.[Cl-]. The second kappa shape index (κ2) is 20.4. The van der Waals surface area contributed by atoms with Crippen LogP contribution in [-0.4, -0.2) is 19.6 Å². The molecule has 2 heteroatoms. The van der Waals surface area contributed by atoms with E-state index in [1.807, 2.05) is 0 Å². The molecule has 1 aromatic rings. The zero-order valence-corrected chi connectivity index (χ0v) is 21.4. The van der Waals surface area contributed by atoms with Gasteiger partial charge in [0.25, 0.3) is 0 Å². The quantitative estimate of drug-likeness (QED) is 0.166. The van der Waals surface area contributed by atoms with Crippen molar-refractivity contribution in [1.82, 2.24) is 4.48 Å². The molecule has 1 rings (SSSR count). The molecule has 1 aromatic carbocycles. The Hall–Kier alpha value is -0.530. The van der Waals surface area contributed by atoms with Gasteiger partial charge in [0.05, 0.1) is 19.6 Å². The highest BCUT2D eigenvalue weighted by atomic mass is 35.5. The second-order valence-electron chi connectivity index (χ2n) is 9.25. The van der Waals surface area contributed by atoms with Gasteiger partial charge < -0.3 is 12.4 Å². The predicted molar refractivity (Wildman–Crippen MR) is 134 cm³/mol. The van der Waals surface area contributed by atoms with Crippen molar-refractivity contribution in [2.24, 2.45) is 0 Å². The minimum Gasteiger partial charge on any atom is -1.00 e. The van der Waals surface area contributed by atoms with Crippen molar-refractivity contribution in [2.75, 3.05) is 19.6 Å². The van der Waals surface area contributed by atoms with Crippen LogP contribution in [0.3, 0.4) is 0 Å². The largest absolute Gasteiger partial charge is 1.00 e. The van der Waals surface area contributed by atoms with Crippen molar-refractivity contribution in [1.29, 1.82) is 0 Å². The average Bonchev–Trinajstić information content (AvgIpc) is 2.75. The summed E-state index contributed by atoms with van der Waals surface area (Å²) in [6.07, 6.45) is 22.7. The Morgan fingerprint density at radius 1 is 0.467 bits per heavy atom. The fourth-order valence-electron chi connectivity index (χ4n) is 4.93. The lowest BCUT2D eigenvalue weighted by molar-refractivity contribution is -0.00000642. The van der Waals surface area contributed by atoms with Crippen molar-refractivity contribution in [3.05, 3.63) is 30.3 Å². The van der Waals surface area contributed by atoms with Crippen molar-refractivity contribution < 1.29 is 12.4 Å². The Morgan fingerprint density at radius 3 is 1.27 bits per heavy atom. The van der Waals surface area contributed by atoms with Crippen LogP contribution in [0.25, 0.3) is 0 Å². The van der Waals surface area contributed by atoms with Crippen LogP contribution in [0.4, 0.5) is 5.69 Å². The highest BCUT2D eigenvalue weighted by molar-refractivity contribution is 5.42. The number of hydrogen-bond acceptors (Lipinski definition) is 0. The van der Waals surface area contributed by atoms with Crippen molar-refractivity contribution in [2.45, 2.75) is 124 Å². The van der Waals surface area contributed by atoms with Crippen LogP contribution in [0.5, 0.6) is 0 Å². The van der Waals surface area contributed by atoms with Gasteiger partial charge in [0.2, 0.25) is 0 Å². The maximum atomic E-state index is 2.36. The summed E-state index contributed by atoms with van der Waals surface area (Å²) < 4.78 is 1.20. The summed E-state index contributed by atoms with van der Waals surface area (Å²) in [6, 6.07) is 11.3. The van der Waals surface area contributed by atoms with E-state index in [-0.39, 0.29) is 12.4 Å². The summed E-state index contributed by atoms with van der Waals surface area (Å²) in [5.41, 5.74) is 1.53. The van der Waals surface area contributed by atoms with Crippen LogP contribution in [0, 0.1) is 0 Å². The number of halogens is 1. The summed E-state index contributed by atoms with van der Waals surface area (Å²) >= 11 is 0. The smallest absolute Gasteiger partial charge is 0.132 e. The van der Waals surface area contributed by atoms with Crippen molar-refractivity contribution in [3.8, 4) is 0 Å². The molecule has 0 saturated heterocycles. The zero-order valence-electron chi connectivity index (χ0n) is 20.6. The van der Waals surface area contributed by atoms with Gasteiger partial charge in [0, 0.05) is 0 Å². The maximum Gasteiger partial charge on any atom is 0.132 e. The molecule has 0 saturated carbocycles. The molecule has 1 nitrogen and oxygen atoms in total. The fourth-order valence-corrected chi connectivity index (χ4v) is 4.93. The van der Waals surface area contributed by atoms with E-state index in [0.717, 1.165) is 0 Å². The molecule has 0 radical (unpaired) electrons. The molecule has 0 heterocycles. The normalized spacial score (nSPS) is 11.4. The molecule has 0 fully saturated rings. The molecule has 0 N–H and O–H groups in total. The third kappa shape index (κ3) is 13.0. The Bertz CT molecular complexity index is 453. The van der Waals surface area contributed by atoms with Gasteiger partial charge >= 0.3 is 0 Å². The monoisotopic (exact) mass is 437 g/mol. The number of rotatable bonds is 20. The molecular formula is C28H52ClN. The minimum absolute atomic E-state index is 0. The summed E-state index contributed by atoms with van der Waals surface area (Å²) in [6.45, 7) is 10.9. The first-order valence-corrected chi connectivity index (χ1v) is 13.2. The molecule has 0 aliphatic rings.